The molecule has 1 N–H and O–H groups in total. The first-order chi connectivity index (χ1) is 8.90. The fraction of sp³-hybridized carbons (Fsp3) is 0.125. The summed E-state index contributed by atoms with van der Waals surface area (Å²) in [5, 5.41) is 0.0480. The molecular formula is C8H6Cl2N4O3S2. The van der Waals surface area contributed by atoms with Crippen LogP contribution in [0.25, 0.3) is 0 Å². The number of nitrogens with one attached hydrogen (secondary N) is 1. The number of hydrogen-bond donors (Lipinski definition) is 1. The summed E-state index contributed by atoms with van der Waals surface area (Å²) >= 11 is 12.1. The van der Waals surface area contributed by atoms with E-state index in [1.54, 1.807) is 0 Å². The van der Waals surface area contributed by atoms with Gasteiger partial charge in [0.2, 0.25) is 11.8 Å². The standard InChI is InChI=1S/C8H6Cl2N4O3S2/c1-17-5-2-4(9)12-8(13-5)14-19(15,16)6-3-11-7(10)18-6/h2-3H,1H3,(H,12,13,14). The molecule has 0 spiro atoms. The van der Waals surface area contributed by atoms with E-state index in [0.717, 1.165) is 17.5 Å². The lowest BCUT2D eigenvalue weighted by Crippen LogP contribution is -2.14. The second-order valence-electron chi connectivity index (χ2n) is 3.09. The first-order valence-electron chi connectivity index (χ1n) is 4.63. The highest BCUT2D eigenvalue weighted by molar-refractivity contribution is 7.94. The molecule has 102 valence electrons. The summed E-state index contributed by atoms with van der Waals surface area (Å²) in [7, 11) is -2.48. The molecule has 2 heterocycles. The van der Waals surface area contributed by atoms with Crippen LogP contribution in [0.5, 0.6) is 5.88 Å². The topological polar surface area (TPSA) is 94.1 Å². The summed E-state index contributed by atoms with van der Waals surface area (Å²) in [6.45, 7) is 0. The zero-order valence-corrected chi connectivity index (χ0v) is 12.4. The van der Waals surface area contributed by atoms with Gasteiger partial charge in [0.25, 0.3) is 10.0 Å². The zero-order chi connectivity index (χ0) is 14.0. The molecule has 7 nitrogen and oxygen atoms in total. The smallest absolute Gasteiger partial charge is 0.275 e. The van der Waals surface area contributed by atoms with Gasteiger partial charge in [-0.15, -0.1) is 0 Å². The minimum Gasteiger partial charge on any atom is -0.481 e. The predicted molar refractivity (Wildman–Crippen MR) is 71.5 cm³/mol. The maximum Gasteiger partial charge on any atom is 0.275 e. The fourth-order valence-electron chi connectivity index (χ4n) is 1.08. The number of ether oxygens (including phenoxy) is 1. The molecule has 2 rings (SSSR count). The number of halogens is 2. The van der Waals surface area contributed by atoms with Gasteiger partial charge >= 0.3 is 0 Å². The van der Waals surface area contributed by atoms with Gasteiger partial charge in [0, 0.05) is 6.07 Å². The molecule has 0 unspecified atom stereocenters. The molecule has 0 amide bonds. The summed E-state index contributed by atoms with van der Waals surface area (Å²) < 4.78 is 31.0. The Morgan fingerprint density at radius 3 is 2.68 bits per heavy atom. The molecule has 0 aliphatic rings. The van der Waals surface area contributed by atoms with Crippen molar-refractivity contribution in [1.82, 2.24) is 15.0 Å². The molecule has 0 aromatic carbocycles. The number of methoxy groups -OCH3 is 1. The highest BCUT2D eigenvalue weighted by Crippen LogP contribution is 2.24. The Morgan fingerprint density at radius 2 is 2.11 bits per heavy atom. The number of rotatable bonds is 4. The Labute approximate surface area is 122 Å². The maximum atomic E-state index is 12.0. The van der Waals surface area contributed by atoms with Crippen LogP contribution in [-0.2, 0) is 10.0 Å². The summed E-state index contributed by atoms with van der Waals surface area (Å²) in [5.74, 6) is -0.0612. The molecule has 2 aromatic rings. The van der Waals surface area contributed by atoms with Crippen LogP contribution in [0, 0.1) is 0 Å². The molecule has 0 fully saturated rings. The predicted octanol–water partition coefficient (Wildman–Crippen LogP) is 2.05. The van der Waals surface area contributed by atoms with Crippen molar-refractivity contribution in [2.45, 2.75) is 4.21 Å². The summed E-state index contributed by atoms with van der Waals surface area (Å²) in [6.07, 6.45) is 1.14. The van der Waals surface area contributed by atoms with Crippen LogP contribution in [-0.4, -0.2) is 30.5 Å². The number of aromatic nitrogens is 3. The van der Waals surface area contributed by atoms with E-state index in [2.05, 4.69) is 19.7 Å². The van der Waals surface area contributed by atoms with Gasteiger partial charge in [-0.2, -0.15) is 4.98 Å². The van der Waals surface area contributed by atoms with Gasteiger partial charge in [-0.3, -0.25) is 0 Å². The molecule has 0 bridgehead atoms. The van der Waals surface area contributed by atoms with Gasteiger partial charge in [-0.1, -0.05) is 34.5 Å². The molecule has 0 aliphatic heterocycles. The zero-order valence-electron chi connectivity index (χ0n) is 9.29. The van der Waals surface area contributed by atoms with Crippen LogP contribution in [0.3, 0.4) is 0 Å². The van der Waals surface area contributed by atoms with Crippen LogP contribution in [0.15, 0.2) is 16.5 Å². The van der Waals surface area contributed by atoms with Crippen molar-refractivity contribution < 1.29 is 13.2 Å². The van der Waals surface area contributed by atoms with Crippen molar-refractivity contribution in [2.24, 2.45) is 0 Å². The van der Waals surface area contributed by atoms with Crippen LogP contribution in [0.1, 0.15) is 0 Å². The van der Waals surface area contributed by atoms with E-state index in [9.17, 15) is 8.42 Å². The molecule has 0 atom stereocenters. The number of sulfonamides is 1. The normalized spacial score (nSPS) is 11.3. The Hall–Kier alpha value is -1.16. The average Bonchev–Trinajstić information content (AvgIpc) is 2.75. The highest BCUT2D eigenvalue weighted by atomic mass is 35.5. The average molecular weight is 341 g/mol. The van der Waals surface area contributed by atoms with E-state index in [-0.39, 0.29) is 25.7 Å². The number of hydrogen-bond acceptors (Lipinski definition) is 7. The summed E-state index contributed by atoms with van der Waals surface area (Å²) in [4.78, 5) is 11.2. The van der Waals surface area contributed by atoms with Crippen LogP contribution >= 0.6 is 34.5 Å². The maximum absolute atomic E-state index is 12.0. The lowest BCUT2D eigenvalue weighted by molar-refractivity contribution is 0.397. The van der Waals surface area contributed by atoms with Crippen molar-refractivity contribution in [3.05, 3.63) is 21.9 Å². The third-order valence-electron chi connectivity index (χ3n) is 1.83. The van der Waals surface area contributed by atoms with Gasteiger partial charge in [0.15, 0.2) is 8.68 Å². The molecule has 0 saturated carbocycles. The van der Waals surface area contributed by atoms with E-state index in [4.69, 9.17) is 27.9 Å². The van der Waals surface area contributed by atoms with Crippen molar-refractivity contribution in [3.63, 3.8) is 0 Å². The quantitative estimate of drug-likeness (QED) is 0.856. The first-order valence-corrected chi connectivity index (χ1v) is 7.69. The molecule has 0 aliphatic carbocycles. The number of nitrogens with zero attached hydrogens (tertiary/aromatic N) is 3. The Kier molecular flexibility index (Phi) is 4.09. The third-order valence-corrected chi connectivity index (χ3v) is 4.93. The largest absolute Gasteiger partial charge is 0.481 e. The number of anilines is 1. The lowest BCUT2D eigenvalue weighted by atomic mass is 10.6. The van der Waals surface area contributed by atoms with Gasteiger partial charge < -0.3 is 4.74 Å². The van der Waals surface area contributed by atoms with Gasteiger partial charge in [0.05, 0.1) is 13.3 Å². The molecule has 11 heteroatoms. The lowest BCUT2D eigenvalue weighted by Gasteiger charge is -2.06. The van der Waals surface area contributed by atoms with Gasteiger partial charge in [-0.25, -0.2) is 23.1 Å². The molecule has 0 saturated heterocycles. The first kappa shape index (κ1) is 14.3. The molecular weight excluding hydrogens is 335 g/mol. The van der Waals surface area contributed by atoms with Gasteiger partial charge in [-0.05, 0) is 0 Å². The summed E-state index contributed by atoms with van der Waals surface area (Å²) in [6, 6.07) is 1.35. The number of thiazole rings is 1. The fourth-order valence-corrected chi connectivity index (χ4v) is 3.49. The summed E-state index contributed by atoms with van der Waals surface area (Å²) in [5.41, 5.74) is 0. The Bertz CT molecular complexity index is 704. The molecule has 0 radical (unpaired) electrons. The second-order valence-corrected chi connectivity index (χ2v) is 7.00. The van der Waals surface area contributed by atoms with E-state index in [1.165, 1.54) is 13.2 Å². The molecule has 19 heavy (non-hydrogen) atoms. The Balaban J connectivity index is 2.32. The monoisotopic (exact) mass is 340 g/mol. The van der Waals surface area contributed by atoms with Crippen LogP contribution in [0.2, 0.25) is 9.62 Å². The minimum absolute atomic E-state index is 0.0480. The minimum atomic E-state index is -3.85. The van der Waals surface area contributed by atoms with Crippen LogP contribution in [0.4, 0.5) is 5.95 Å². The van der Waals surface area contributed by atoms with Crippen molar-refractivity contribution >= 4 is 50.5 Å². The van der Waals surface area contributed by atoms with Crippen molar-refractivity contribution in [3.8, 4) is 5.88 Å². The van der Waals surface area contributed by atoms with E-state index in [1.807, 2.05) is 0 Å². The highest BCUT2D eigenvalue weighted by Gasteiger charge is 2.19. The van der Waals surface area contributed by atoms with E-state index >= 15 is 0 Å². The Morgan fingerprint density at radius 1 is 1.37 bits per heavy atom. The van der Waals surface area contributed by atoms with E-state index in [0.29, 0.717) is 0 Å². The second kappa shape index (κ2) is 5.45. The SMILES string of the molecule is COc1cc(Cl)nc(NS(=O)(=O)c2cnc(Cl)s2)n1. The van der Waals surface area contributed by atoms with Crippen LogP contribution < -0.4 is 9.46 Å². The van der Waals surface area contributed by atoms with E-state index < -0.39 is 10.0 Å². The third kappa shape index (κ3) is 3.44. The molecule has 2 aromatic heterocycles. The van der Waals surface area contributed by atoms with Crippen molar-refractivity contribution in [2.75, 3.05) is 11.8 Å². The van der Waals surface area contributed by atoms with Gasteiger partial charge in [0.1, 0.15) is 5.15 Å². The van der Waals surface area contributed by atoms with Crippen molar-refractivity contribution in [1.29, 1.82) is 0 Å².